The summed E-state index contributed by atoms with van der Waals surface area (Å²) in [7, 11) is 0. The van der Waals surface area contributed by atoms with Crippen LogP contribution in [0.4, 0.5) is 8.78 Å². The monoisotopic (exact) mass is 407 g/mol. The fourth-order valence-corrected chi connectivity index (χ4v) is 4.14. The van der Waals surface area contributed by atoms with Crippen LogP contribution in [0.1, 0.15) is 39.9 Å². The number of alkyl halides is 2. The van der Waals surface area contributed by atoms with Crippen LogP contribution in [0, 0.1) is 0 Å². The van der Waals surface area contributed by atoms with Gasteiger partial charge in [0.1, 0.15) is 0 Å². The van der Waals surface area contributed by atoms with Crippen molar-refractivity contribution in [2.75, 3.05) is 13.1 Å². The topological polar surface area (TPSA) is 65.5 Å². The van der Waals surface area contributed by atoms with Gasteiger partial charge in [0.05, 0.1) is 12.3 Å². The molecule has 1 fully saturated rings. The Hall–Kier alpha value is -3.35. The molecule has 152 valence electrons. The zero-order valence-electron chi connectivity index (χ0n) is 16.1. The molecule has 3 aromatic rings. The molecule has 0 spiro atoms. The lowest BCUT2D eigenvalue weighted by molar-refractivity contribution is -0.0494. The first-order valence-electron chi connectivity index (χ1n) is 9.88. The number of aromatic nitrogens is 1. The van der Waals surface area contributed by atoms with Crippen molar-refractivity contribution in [3.05, 3.63) is 81.3 Å². The zero-order valence-corrected chi connectivity index (χ0v) is 16.1. The molecule has 5 nitrogen and oxygen atoms in total. The highest BCUT2D eigenvalue weighted by atomic mass is 19.3. The van der Waals surface area contributed by atoms with Crippen molar-refractivity contribution in [3.8, 4) is 0 Å². The van der Waals surface area contributed by atoms with E-state index in [4.69, 9.17) is 0 Å². The van der Waals surface area contributed by atoms with Gasteiger partial charge in [0.2, 0.25) is 0 Å². The number of carbonyl (C=O) groups is 1. The number of aliphatic imine (C=N–C) groups is 1. The third-order valence-corrected chi connectivity index (χ3v) is 5.84. The summed E-state index contributed by atoms with van der Waals surface area (Å²) in [4.78, 5) is 33.5. The molecule has 1 saturated heterocycles. The SMILES string of the molecule is O=C(c1ccc2c(c1)CN=C2c1ccc2c(=O)[nH]ccc2c1)N1CCC(F)(F)CC1. The van der Waals surface area contributed by atoms with Crippen LogP contribution in [0.3, 0.4) is 0 Å². The Labute approximate surface area is 171 Å². The second-order valence-electron chi connectivity index (χ2n) is 7.79. The molecule has 0 bridgehead atoms. The number of benzene rings is 2. The predicted octanol–water partition coefficient (Wildman–Crippen LogP) is 3.75. The van der Waals surface area contributed by atoms with Crippen LogP contribution in [-0.2, 0) is 6.54 Å². The molecule has 1 amide bonds. The molecule has 0 radical (unpaired) electrons. The molecule has 2 aliphatic heterocycles. The maximum absolute atomic E-state index is 13.4. The summed E-state index contributed by atoms with van der Waals surface area (Å²) in [6.07, 6.45) is 1.04. The van der Waals surface area contributed by atoms with Crippen LogP contribution in [-0.4, -0.2) is 40.5 Å². The van der Waals surface area contributed by atoms with E-state index >= 15 is 0 Å². The Morgan fingerprint density at radius 2 is 1.87 bits per heavy atom. The van der Waals surface area contributed by atoms with Crippen molar-refractivity contribution in [3.63, 3.8) is 0 Å². The molecule has 0 saturated carbocycles. The fraction of sp³-hybridized carbons (Fsp3) is 0.261. The van der Waals surface area contributed by atoms with Crippen LogP contribution < -0.4 is 5.56 Å². The average Bonchev–Trinajstić information content (AvgIpc) is 3.16. The molecule has 3 heterocycles. The fourth-order valence-electron chi connectivity index (χ4n) is 4.14. The molecule has 1 N–H and O–H groups in total. The lowest BCUT2D eigenvalue weighted by Gasteiger charge is -2.31. The minimum Gasteiger partial charge on any atom is -0.338 e. The summed E-state index contributed by atoms with van der Waals surface area (Å²) >= 11 is 0. The summed E-state index contributed by atoms with van der Waals surface area (Å²) < 4.78 is 26.8. The van der Waals surface area contributed by atoms with E-state index in [1.54, 1.807) is 18.3 Å². The van der Waals surface area contributed by atoms with Gasteiger partial charge < -0.3 is 9.88 Å². The molecule has 2 aromatic carbocycles. The van der Waals surface area contributed by atoms with Crippen molar-refractivity contribution in [2.24, 2.45) is 4.99 Å². The summed E-state index contributed by atoms with van der Waals surface area (Å²) in [6.45, 7) is 0.596. The molecule has 0 unspecified atom stereocenters. The van der Waals surface area contributed by atoms with Crippen molar-refractivity contribution in [1.29, 1.82) is 0 Å². The van der Waals surface area contributed by atoms with Gasteiger partial charge in [-0.15, -0.1) is 0 Å². The molecule has 5 rings (SSSR count). The molecular weight excluding hydrogens is 388 g/mol. The normalized spacial score (nSPS) is 17.7. The number of H-pyrrole nitrogens is 1. The molecular formula is C23H19F2N3O2. The van der Waals surface area contributed by atoms with E-state index in [0.29, 0.717) is 17.5 Å². The van der Waals surface area contributed by atoms with Crippen molar-refractivity contribution >= 4 is 22.4 Å². The van der Waals surface area contributed by atoms with Crippen molar-refractivity contribution in [2.45, 2.75) is 25.3 Å². The minimum absolute atomic E-state index is 0.0703. The van der Waals surface area contributed by atoms with Gasteiger partial charge in [-0.05, 0) is 41.3 Å². The van der Waals surface area contributed by atoms with Crippen LogP contribution in [0.25, 0.3) is 10.8 Å². The summed E-state index contributed by atoms with van der Waals surface area (Å²) in [5.74, 6) is -2.89. The van der Waals surface area contributed by atoms with Crippen LogP contribution in [0.2, 0.25) is 0 Å². The van der Waals surface area contributed by atoms with Crippen LogP contribution in [0.5, 0.6) is 0 Å². The number of hydrogen-bond donors (Lipinski definition) is 1. The molecule has 0 atom stereocenters. The Balaban J connectivity index is 1.41. The molecule has 7 heteroatoms. The summed E-state index contributed by atoms with van der Waals surface area (Å²) in [5.41, 5.74) is 3.98. The maximum Gasteiger partial charge on any atom is 0.255 e. The van der Waals surface area contributed by atoms with Gasteiger partial charge in [0, 0.05) is 54.2 Å². The number of halogens is 2. The Morgan fingerprint density at radius 3 is 2.67 bits per heavy atom. The van der Waals surface area contributed by atoms with E-state index in [9.17, 15) is 18.4 Å². The molecule has 1 aromatic heterocycles. The molecule has 2 aliphatic rings. The molecule has 0 aliphatic carbocycles. The maximum atomic E-state index is 13.4. The third kappa shape index (κ3) is 3.20. The number of rotatable bonds is 2. The van der Waals surface area contributed by atoms with E-state index < -0.39 is 5.92 Å². The second kappa shape index (κ2) is 6.86. The summed E-state index contributed by atoms with van der Waals surface area (Å²) in [5, 5.41) is 1.45. The quantitative estimate of drug-likeness (QED) is 0.703. The van der Waals surface area contributed by atoms with Gasteiger partial charge in [-0.25, -0.2) is 8.78 Å². The lowest BCUT2D eigenvalue weighted by atomic mass is 9.96. The lowest BCUT2D eigenvalue weighted by Crippen LogP contribution is -2.42. The van der Waals surface area contributed by atoms with E-state index in [1.807, 2.05) is 30.3 Å². The average molecular weight is 407 g/mol. The number of likely N-dealkylation sites (tertiary alicyclic amines) is 1. The van der Waals surface area contributed by atoms with Gasteiger partial charge in [0.15, 0.2) is 0 Å². The number of piperidine rings is 1. The largest absolute Gasteiger partial charge is 0.338 e. The second-order valence-corrected chi connectivity index (χ2v) is 7.79. The minimum atomic E-state index is -2.68. The zero-order chi connectivity index (χ0) is 20.9. The number of nitrogens with one attached hydrogen (secondary N) is 1. The third-order valence-electron chi connectivity index (χ3n) is 5.84. The smallest absolute Gasteiger partial charge is 0.255 e. The highest BCUT2D eigenvalue weighted by Crippen LogP contribution is 2.30. The van der Waals surface area contributed by atoms with Crippen molar-refractivity contribution < 1.29 is 13.6 Å². The van der Waals surface area contributed by atoms with Gasteiger partial charge in [-0.3, -0.25) is 14.6 Å². The van der Waals surface area contributed by atoms with Crippen LogP contribution in [0.15, 0.2) is 58.4 Å². The first-order valence-corrected chi connectivity index (χ1v) is 9.88. The van der Waals surface area contributed by atoms with Gasteiger partial charge in [-0.2, -0.15) is 0 Å². The summed E-state index contributed by atoms with van der Waals surface area (Å²) in [6, 6.07) is 12.9. The highest BCUT2D eigenvalue weighted by molar-refractivity contribution is 6.16. The van der Waals surface area contributed by atoms with Gasteiger partial charge in [-0.1, -0.05) is 12.1 Å². The van der Waals surface area contributed by atoms with Crippen molar-refractivity contribution in [1.82, 2.24) is 9.88 Å². The Kier molecular flexibility index (Phi) is 4.27. The Bertz CT molecular complexity index is 1250. The number of amides is 1. The van der Waals surface area contributed by atoms with Crippen LogP contribution >= 0.6 is 0 Å². The highest BCUT2D eigenvalue weighted by Gasteiger charge is 2.36. The number of hydrogen-bond acceptors (Lipinski definition) is 3. The van der Waals surface area contributed by atoms with Gasteiger partial charge in [0.25, 0.3) is 17.4 Å². The number of carbonyl (C=O) groups excluding carboxylic acids is 1. The van der Waals surface area contributed by atoms with E-state index in [-0.39, 0.29) is 37.4 Å². The van der Waals surface area contributed by atoms with E-state index in [1.165, 1.54) is 4.90 Å². The number of nitrogens with zero attached hydrogens (tertiary/aromatic N) is 2. The van der Waals surface area contributed by atoms with E-state index in [0.717, 1.165) is 27.8 Å². The van der Waals surface area contributed by atoms with E-state index in [2.05, 4.69) is 9.98 Å². The number of pyridine rings is 1. The molecule has 30 heavy (non-hydrogen) atoms. The first-order chi connectivity index (χ1) is 14.4. The van der Waals surface area contributed by atoms with Gasteiger partial charge >= 0.3 is 0 Å². The number of fused-ring (bicyclic) bond motifs is 2. The predicted molar refractivity (Wildman–Crippen MR) is 110 cm³/mol. The standard InChI is InChI=1S/C23H19F2N3O2/c24-23(25)6-9-28(10-7-23)22(30)16-2-3-18-17(12-16)13-27-20(18)15-1-4-19-14(11-15)5-8-26-21(19)29/h1-5,8,11-12H,6-7,9-10,13H2,(H,26,29). The first kappa shape index (κ1) is 18.7. The number of aromatic amines is 1. The Morgan fingerprint density at radius 1 is 1.07 bits per heavy atom.